The number of hydrogen-bond donors (Lipinski definition) is 3. The smallest absolute Gasteiger partial charge is 0.462 e. The summed E-state index contributed by atoms with van der Waals surface area (Å²) < 4.78 is 68.6. The van der Waals surface area contributed by atoms with Gasteiger partial charge in [-0.3, -0.25) is 37.3 Å². The molecular formula is C80H156O17P2. The van der Waals surface area contributed by atoms with Crippen molar-refractivity contribution >= 4 is 39.5 Å². The molecule has 0 aromatic heterocycles. The lowest BCUT2D eigenvalue weighted by Gasteiger charge is -2.21. The van der Waals surface area contributed by atoms with E-state index in [0.29, 0.717) is 25.7 Å². The summed E-state index contributed by atoms with van der Waals surface area (Å²) in [7, 11) is -9.92. The van der Waals surface area contributed by atoms with Crippen LogP contribution in [0.5, 0.6) is 0 Å². The number of ether oxygens (including phenoxy) is 4. The van der Waals surface area contributed by atoms with Gasteiger partial charge >= 0.3 is 39.5 Å². The van der Waals surface area contributed by atoms with Crippen LogP contribution in [-0.4, -0.2) is 96.7 Å². The molecule has 0 spiro atoms. The van der Waals surface area contributed by atoms with Crippen molar-refractivity contribution in [2.45, 2.75) is 427 Å². The third-order valence-corrected chi connectivity index (χ3v) is 20.8. The Hall–Kier alpha value is -1.94. The van der Waals surface area contributed by atoms with E-state index in [4.69, 9.17) is 37.0 Å². The fourth-order valence-corrected chi connectivity index (χ4v) is 13.8. The molecular weight excluding hydrogens is 1290 g/mol. The van der Waals surface area contributed by atoms with Crippen LogP contribution in [0.4, 0.5) is 0 Å². The molecule has 0 amide bonds. The standard InChI is InChI=1S/C80H156O17P2/c1-9-73(8)59-51-43-38-39-45-53-61-78(83)91-67-76(97-80(85)63-55-47-37-31-25-28-34-42-50-58-72(6)7)69-95-99(88,89)93-65-74(81)64-92-98(86,87)94-68-75(66-90-77(82)60-52-44-35-29-23-20-16-18-22-27-33-41-49-57-71(4)5)96-79(84)62-54-46-36-30-24-19-15-13-11-10-12-14-17-21-26-32-40-48-56-70(2)3/h70-76,81H,9-69H2,1-8H3,(H,86,87)(H,88,89)/t73?,74-,75-,76-/m1/s1. The van der Waals surface area contributed by atoms with E-state index in [1.807, 2.05) is 0 Å². The van der Waals surface area contributed by atoms with Crippen LogP contribution < -0.4 is 0 Å². The fraction of sp³-hybridized carbons (Fsp3) is 0.950. The van der Waals surface area contributed by atoms with Crippen molar-refractivity contribution in [1.29, 1.82) is 0 Å². The molecule has 0 saturated heterocycles. The maximum Gasteiger partial charge on any atom is 0.472 e. The number of hydrogen-bond acceptors (Lipinski definition) is 15. The second kappa shape index (κ2) is 69.1. The zero-order valence-corrected chi connectivity index (χ0v) is 66.9. The Labute approximate surface area is 607 Å². The summed E-state index contributed by atoms with van der Waals surface area (Å²) in [5.74, 6) is 0.961. The molecule has 3 N–H and O–H groups in total. The molecule has 0 rings (SSSR count). The third-order valence-electron chi connectivity index (χ3n) is 18.9. The highest BCUT2D eigenvalue weighted by molar-refractivity contribution is 7.47. The van der Waals surface area contributed by atoms with E-state index < -0.39 is 97.5 Å². The summed E-state index contributed by atoms with van der Waals surface area (Å²) in [5.41, 5.74) is 0. The number of carbonyl (C=O) groups excluding carboxylic acids is 4. The minimum absolute atomic E-state index is 0.104. The maximum absolute atomic E-state index is 13.1. The normalized spacial score (nSPS) is 14.3. The first-order valence-corrected chi connectivity index (χ1v) is 44.2. The molecule has 0 aliphatic heterocycles. The van der Waals surface area contributed by atoms with Crippen molar-refractivity contribution < 1.29 is 80.2 Å². The van der Waals surface area contributed by atoms with Gasteiger partial charge in [0.05, 0.1) is 26.4 Å². The zero-order chi connectivity index (χ0) is 73.1. The lowest BCUT2D eigenvalue weighted by Crippen LogP contribution is -2.30. The van der Waals surface area contributed by atoms with Crippen molar-refractivity contribution in [2.75, 3.05) is 39.6 Å². The molecule has 0 aliphatic carbocycles. The SMILES string of the molecule is CCC(C)CCCCCCCCC(=O)OC[C@H](COP(=O)(O)OC[C@H](O)COP(=O)(O)OC[C@@H](COC(=O)CCCCCCCCCCCCCCCC(C)C)OC(=O)CCCCCCCCCCCCCCCCCCCCC(C)C)OC(=O)CCCCCCCCCCCC(C)C. The van der Waals surface area contributed by atoms with Crippen LogP contribution in [0.2, 0.25) is 0 Å². The number of unbranched alkanes of at least 4 members (excludes halogenated alkanes) is 42. The number of aliphatic hydroxyl groups excluding tert-OH is 1. The van der Waals surface area contributed by atoms with Gasteiger partial charge < -0.3 is 33.8 Å². The van der Waals surface area contributed by atoms with Gasteiger partial charge in [-0.1, -0.05) is 357 Å². The number of carbonyl (C=O) groups is 4. The quantitative estimate of drug-likeness (QED) is 0.0222. The average Bonchev–Trinajstić information content (AvgIpc) is 3.50. The third kappa shape index (κ3) is 72.8. The monoisotopic (exact) mass is 1450 g/mol. The van der Waals surface area contributed by atoms with Crippen LogP contribution in [0, 0.1) is 23.7 Å². The molecule has 99 heavy (non-hydrogen) atoms. The van der Waals surface area contributed by atoms with E-state index in [2.05, 4.69) is 55.4 Å². The Balaban J connectivity index is 5.22. The minimum Gasteiger partial charge on any atom is -0.462 e. The van der Waals surface area contributed by atoms with Gasteiger partial charge in [0.25, 0.3) is 0 Å². The molecule has 0 heterocycles. The predicted molar refractivity (Wildman–Crippen MR) is 404 cm³/mol. The molecule has 0 fully saturated rings. The topological polar surface area (TPSA) is 237 Å². The van der Waals surface area contributed by atoms with Gasteiger partial charge in [0.15, 0.2) is 12.2 Å². The zero-order valence-electron chi connectivity index (χ0n) is 65.1. The van der Waals surface area contributed by atoms with Crippen molar-refractivity contribution in [3.63, 3.8) is 0 Å². The highest BCUT2D eigenvalue weighted by atomic mass is 31.2. The van der Waals surface area contributed by atoms with Crippen LogP contribution in [0.15, 0.2) is 0 Å². The van der Waals surface area contributed by atoms with E-state index >= 15 is 0 Å². The molecule has 0 radical (unpaired) electrons. The largest absolute Gasteiger partial charge is 0.472 e. The van der Waals surface area contributed by atoms with Crippen LogP contribution in [0.25, 0.3) is 0 Å². The molecule has 17 nitrogen and oxygen atoms in total. The van der Waals surface area contributed by atoms with Crippen molar-refractivity contribution in [1.82, 2.24) is 0 Å². The fourth-order valence-electron chi connectivity index (χ4n) is 12.2. The number of phosphoric acid groups is 2. The van der Waals surface area contributed by atoms with E-state index in [0.717, 1.165) is 120 Å². The first-order valence-electron chi connectivity index (χ1n) is 41.2. The summed E-state index contributed by atoms with van der Waals surface area (Å²) in [4.78, 5) is 72.9. The predicted octanol–water partition coefficient (Wildman–Crippen LogP) is 23.6. The summed E-state index contributed by atoms with van der Waals surface area (Å²) in [6.45, 7) is 14.2. The number of phosphoric ester groups is 2. The van der Waals surface area contributed by atoms with Crippen LogP contribution in [0.3, 0.4) is 0 Å². The lowest BCUT2D eigenvalue weighted by atomic mass is 10.00. The van der Waals surface area contributed by atoms with Gasteiger partial charge in [-0.05, 0) is 49.4 Å². The molecule has 0 aromatic rings. The summed E-state index contributed by atoms with van der Waals surface area (Å²) in [5, 5.41) is 10.6. The summed E-state index contributed by atoms with van der Waals surface area (Å²) in [6, 6.07) is 0. The van der Waals surface area contributed by atoms with Gasteiger partial charge in [0.2, 0.25) is 0 Å². The Morgan fingerprint density at radius 1 is 0.283 bits per heavy atom. The lowest BCUT2D eigenvalue weighted by molar-refractivity contribution is -0.161. The van der Waals surface area contributed by atoms with Gasteiger partial charge in [-0.15, -0.1) is 0 Å². The van der Waals surface area contributed by atoms with E-state index in [1.54, 1.807) is 0 Å². The van der Waals surface area contributed by atoms with Gasteiger partial charge in [0.1, 0.15) is 19.3 Å². The molecule has 588 valence electrons. The molecule has 0 aliphatic rings. The van der Waals surface area contributed by atoms with Crippen LogP contribution in [-0.2, 0) is 65.4 Å². The maximum atomic E-state index is 13.1. The molecule has 0 bridgehead atoms. The Bertz CT molecular complexity index is 1940. The van der Waals surface area contributed by atoms with Gasteiger partial charge in [-0.2, -0.15) is 0 Å². The van der Waals surface area contributed by atoms with Crippen molar-refractivity contribution in [3.8, 4) is 0 Å². The molecule has 0 aromatic carbocycles. The van der Waals surface area contributed by atoms with Crippen molar-refractivity contribution in [2.24, 2.45) is 23.7 Å². The molecule has 0 saturated carbocycles. The van der Waals surface area contributed by atoms with Gasteiger partial charge in [-0.25, -0.2) is 9.13 Å². The molecule has 19 heteroatoms. The highest BCUT2D eigenvalue weighted by Gasteiger charge is 2.30. The first-order chi connectivity index (χ1) is 47.6. The summed E-state index contributed by atoms with van der Waals surface area (Å²) >= 11 is 0. The van der Waals surface area contributed by atoms with Crippen molar-refractivity contribution in [3.05, 3.63) is 0 Å². The van der Waals surface area contributed by atoms with Gasteiger partial charge in [0, 0.05) is 25.7 Å². The minimum atomic E-state index is -4.96. The first kappa shape index (κ1) is 97.1. The number of rotatable bonds is 77. The van der Waals surface area contributed by atoms with Crippen LogP contribution in [0.1, 0.15) is 409 Å². The van der Waals surface area contributed by atoms with E-state index in [-0.39, 0.29) is 25.7 Å². The Morgan fingerprint density at radius 2 is 0.485 bits per heavy atom. The molecule has 6 atom stereocenters. The Kier molecular flexibility index (Phi) is 67.8. The summed E-state index contributed by atoms with van der Waals surface area (Å²) in [6.07, 6.45) is 55.6. The number of aliphatic hydroxyl groups is 1. The number of esters is 4. The van der Waals surface area contributed by atoms with E-state index in [9.17, 15) is 43.2 Å². The molecule has 3 unspecified atom stereocenters. The second-order valence-electron chi connectivity index (χ2n) is 30.5. The second-order valence-corrected chi connectivity index (χ2v) is 33.4. The highest BCUT2D eigenvalue weighted by Crippen LogP contribution is 2.45. The Morgan fingerprint density at radius 3 is 0.717 bits per heavy atom. The average molecular weight is 1450 g/mol. The van der Waals surface area contributed by atoms with E-state index in [1.165, 1.54) is 205 Å². The van der Waals surface area contributed by atoms with Crippen LogP contribution >= 0.6 is 15.6 Å².